The summed E-state index contributed by atoms with van der Waals surface area (Å²) in [5, 5.41) is 2.79. The number of carbonyl (C=O) groups is 2. The fraction of sp³-hybridized carbons (Fsp3) is 0.733. The number of piperidine rings is 1. The Labute approximate surface area is 138 Å². The average molecular weight is 334 g/mol. The molecule has 7 heteroatoms. The zero-order chi connectivity index (χ0) is 15.7. The van der Waals surface area contributed by atoms with Crippen LogP contribution in [0.25, 0.3) is 0 Å². The van der Waals surface area contributed by atoms with E-state index in [2.05, 4.69) is 11.9 Å². The van der Waals surface area contributed by atoms with Gasteiger partial charge in [0.1, 0.15) is 6.10 Å². The highest BCUT2D eigenvalue weighted by Gasteiger charge is 2.30. The van der Waals surface area contributed by atoms with E-state index in [-0.39, 0.29) is 30.1 Å². The Morgan fingerprint density at radius 3 is 2.91 bits per heavy atom. The van der Waals surface area contributed by atoms with E-state index in [1.165, 1.54) is 0 Å². The second kappa shape index (κ2) is 11.5. The van der Waals surface area contributed by atoms with Gasteiger partial charge in [-0.15, -0.1) is 19.0 Å². The lowest BCUT2D eigenvalue weighted by Crippen LogP contribution is -2.49. The second-order valence-electron chi connectivity index (χ2n) is 5.29. The third-order valence-corrected chi connectivity index (χ3v) is 3.59. The number of nitrogens with one attached hydrogen (secondary N) is 1. The molecule has 0 bridgehead atoms. The Bertz CT molecular complexity index is 366. The van der Waals surface area contributed by atoms with Crippen molar-refractivity contribution in [2.24, 2.45) is 11.7 Å². The molecule has 6 nitrogen and oxygen atoms in total. The molecule has 0 spiro atoms. The molecular weight excluding hydrogens is 306 g/mol. The number of halogens is 1. The SMILES string of the molecule is C=CCCOC(C)C(=O)N1CCCC(C(=O)NCCN)C1.Cl. The summed E-state index contributed by atoms with van der Waals surface area (Å²) >= 11 is 0. The summed E-state index contributed by atoms with van der Waals surface area (Å²) in [7, 11) is 0. The van der Waals surface area contributed by atoms with Crippen molar-refractivity contribution in [2.75, 3.05) is 32.8 Å². The standard InChI is InChI=1S/C15H27N3O3.ClH/c1-3-4-10-21-12(2)15(20)18-9-5-6-13(11-18)14(19)17-8-7-16;/h3,12-13H,1,4-11,16H2,2H3,(H,17,19);1H. The van der Waals surface area contributed by atoms with Gasteiger partial charge in [-0.2, -0.15) is 0 Å². The summed E-state index contributed by atoms with van der Waals surface area (Å²) in [4.78, 5) is 26.0. The first-order valence-electron chi connectivity index (χ1n) is 7.59. The Morgan fingerprint density at radius 1 is 1.55 bits per heavy atom. The van der Waals surface area contributed by atoms with Crippen molar-refractivity contribution >= 4 is 24.2 Å². The van der Waals surface area contributed by atoms with Crippen LogP contribution < -0.4 is 11.1 Å². The van der Waals surface area contributed by atoms with E-state index >= 15 is 0 Å². The van der Waals surface area contributed by atoms with Crippen LogP contribution in [0.3, 0.4) is 0 Å². The van der Waals surface area contributed by atoms with E-state index in [0.717, 1.165) is 19.3 Å². The highest BCUT2D eigenvalue weighted by Crippen LogP contribution is 2.18. The molecule has 2 unspecified atom stereocenters. The van der Waals surface area contributed by atoms with Gasteiger partial charge in [-0.05, 0) is 26.2 Å². The van der Waals surface area contributed by atoms with E-state index in [1.54, 1.807) is 17.9 Å². The molecule has 0 aliphatic carbocycles. The van der Waals surface area contributed by atoms with Crippen LogP contribution in [0, 0.1) is 5.92 Å². The molecule has 2 amide bonds. The quantitative estimate of drug-likeness (QED) is 0.506. The number of hydrogen-bond donors (Lipinski definition) is 2. The number of hydrogen-bond acceptors (Lipinski definition) is 4. The van der Waals surface area contributed by atoms with Gasteiger partial charge in [-0.1, -0.05) is 6.08 Å². The molecule has 0 radical (unpaired) electrons. The van der Waals surface area contributed by atoms with E-state index in [1.807, 2.05) is 0 Å². The van der Waals surface area contributed by atoms with Crippen LogP contribution in [-0.2, 0) is 14.3 Å². The van der Waals surface area contributed by atoms with E-state index in [4.69, 9.17) is 10.5 Å². The molecular formula is C15H28ClN3O3. The fourth-order valence-corrected chi connectivity index (χ4v) is 2.39. The van der Waals surface area contributed by atoms with Crippen molar-refractivity contribution in [2.45, 2.75) is 32.3 Å². The van der Waals surface area contributed by atoms with Crippen molar-refractivity contribution in [1.29, 1.82) is 0 Å². The van der Waals surface area contributed by atoms with Gasteiger partial charge in [0.2, 0.25) is 5.91 Å². The minimum atomic E-state index is -0.476. The van der Waals surface area contributed by atoms with Crippen LogP contribution in [-0.4, -0.2) is 55.6 Å². The predicted octanol–water partition coefficient (Wildman–Crippen LogP) is 0.703. The summed E-state index contributed by atoms with van der Waals surface area (Å²) in [5.74, 6) is -0.205. The average Bonchev–Trinajstić information content (AvgIpc) is 2.52. The lowest BCUT2D eigenvalue weighted by molar-refractivity contribution is -0.145. The molecule has 1 rings (SSSR count). The Hall–Kier alpha value is -1.11. The zero-order valence-corrected chi connectivity index (χ0v) is 14.1. The first-order chi connectivity index (χ1) is 10.1. The largest absolute Gasteiger partial charge is 0.368 e. The lowest BCUT2D eigenvalue weighted by Gasteiger charge is -2.33. The van der Waals surface area contributed by atoms with Crippen LogP contribution >= 0.6 is 12.4 Å². The number of rotatable bonds is 8. The molecule has 22 heavy (non-hydrogen) atoms. The Kier molecular flexibility index (Phi) is 10.9. The van der Waals surface area contributed by atoms with Crippen molar-refractivity contribution in [3.8, 4) is 0 Å². The van der Waals surface area contributed by atoms with Gasteiger partial charge in [-0.25, -0.2) is 0 Å². The Morgan fingerprint density at radius 2 is 2.27 bits per heavy atom. The fourth-order valence-electron chi connectivity index (χ4n) is 2.39. The first-order valence-corrected chi connectivity index (χ1v) is 7.59. The van der Waals surface area contributed by atoms with Crippen LogP contribution in [0.1, 0.15) is 26.2 Å². The number of carbonyl (C=O) groups excluding carboxylic acids is 2. The normalized spacial score (nSPS) is 19.0. The predicted molar refractivity (Wildman–Crippen MR) is 88.8 cm³/mol. The molecule has 0 aromatic carbocycles. The molecule has 0 saturated carbocycles. The molecule has 1 aliphatic rings. The molecule has 1 heterocycles. The van der Waals surface area contributed by atoms with E-state index in [9.17, 15) is 9.59 Å². The maximum Gasteiger partial charge on any atom is 0.251 e. The van der Waals surface area contributed by atoms with Gasteiger partial charge in [0, 0.05) is 26.2 Å². The smallest absolute Gasteiger partial charge is 0.251 e. The molecule has 1 aliphatic heterocycles. The summed E-state index contributed by atoms with van der Waals surface area (Å²) in [6.45, 7) is 7.92. The van der Waals surface area contributed by atoms with Crippen molar-refractivity contribution in [1.82, 2.24) is 10.2 Å². The molecule has 0 aromatic heterocycles. The van der Waals surface area contributed by atoms with Gasteiger partial charge in [0.25, 0.3) is 5.91 Å². The number of likely N-dealkylation sites (tertiary alicyclic amines) is 1. The third kappa shape index (κ3) is 6.77. The van der Waals surface area contributed by atoms with E-state index < -0.39 is 6.10 Å². The highest BCUT2D eigenvalue weighted by molar-refractivity contribution is 5.85. The summed E-state index contributed by atoms with van der Waals surface area (Å²) < 4.78 is 5.48. The van der Waals surface area contributed by atoms with Gasteiger partial charge in [-0.3, -0.25) is 9.59 Å². The molecule has 128 valence electrons. The monoisotopic (exact) mass is 333 g/mol. The van der Waals surface area contributed by atoms with Crippen LogP contribution in [0.5, 0.6) is 0 Å². The first kappa shape index (κ1) is 20.9. The van der Waals surface area contributed by atoms with Crippen LogP contribution in [0.15, 0.2) is 12.7 Å². The number of nitrogens with two attached hydrogens (primary N) is 1. The van der Waals surface area contributed by atoms with Gasteiger partial charge in [0.15, 0.2) is 0 Å². The van der Waals surface area contributed by atoms with Crippen molar-refractivity contribution < 1.29 is 14.3 Å². The molecule has 3 N–H and O–H groups in total. The Balaban J connectivity index is 0.00000441. The van der Waals surface area contributed by atoms with Crippen molar-refractivity contribution in [3.05, 3.63) is 12.7 Å². The van der Waals surface area contributed by atoms with Crippen LogP contribution in [0.2, 0.25) is 0 Å². The second-order valence-corrected chi connectivity index (χ2v) is 5.29. The van der Waals surface area contributed by atoms with Crippen molar-refractivity contribution in [3.63, 3.8) is 0 Å². The zero-order valence-electron chi connectivity index (χ0n) is 13.3. The summed E-state index contributed by atoms with van der Waals surface area (Å²) in [6.07, 6.45) is 3.66. The summed E-state index contributed by atoms with van der Waals surface area (Å²) in [6, 6.07) is 0. The van der Waals surface area contributed by atoms with Gasteiger partial charge >= 0.3 is 0 Å². The summed E-state index contributed by atoms with van der Waals surface area (Å²) in [5.41, 5.74) is 5.38. The topological polar surface area (TPSA) is 84.7 Å². The van der Waals surface area contributed by atoms with E-state index in [0.29, 0.717) is 32.8 Å². The number of amides is 2. The third-order valence-electron chi connectivity index (χ3n) is 3.59. The minimum Gasteiger partial charge on any atom is -0.368 e. The van der Waals surface area contributed by atoms with Gasteiger partial charge in [0.05, 0.1) is 12.5 Å². The maximum absolute atomic E-state index is 12.3. The van der Waals surface area contributed by atoms with Crippen LogP contribution in [0.4, 0.5) is 0 Å². The minimum absolute atomic E-state index is 0. The van der Waals surface area contributed by atoms with Gasteiger partial charge < -0.3 is 20.7 Å². The number of ether oxygens (including phenoxy) is 1. The maximum atomic E-state index is 12.3. The molecule has 1 saturated heterocycles. The lowest BCUT2D eigenvalue weighted by atomic mass is 9.96. The molecule has 0 aromatic rings. The number of nitrogens with zero attached hydrogens (tertiary/aromatic N) is 1. The highest BCUT2D eigenvalue weighted by atomic mass is 35.5. The molecule has 1 fully saturated rings. The molecule has 2 atom stereocenters.